The lowest BCUT2D eigenvalue weighted by atomic mass is 9.80. The van der Waals surface area contributed by atoms with Crippen LogP contribution in [0.3, 0.4) is 0 Å². The molecule has 1 nitrogen and oxygen atoms in total. The van der Waals surface area contributed by atoms with Crippen LogP contribution in [0.5, 0.6) is 0 Å². The number of hydrogen-bond donors (Lipinski definition) is 1. The fraction of sp³-hybridized carbons (Fsp3) is 1.00. The first-order valence-electron chi connectivity index (χ1n) is 4.91. The predicted molar refractivity (Wildman–Crippen MR) is 49.6 cm³/mol. The monoisotopic (exact) mass is 155 g/mol. The Hall–Kier alpha value is -0.0400. The van der Waals surface area contributed by atoms with Crippen molar-refractivity contribution >= 4 is 0 Å². The summed E-state index contributed by atoms with van der Waals surface area (Å²) in [5.74, 6) is 1.90. The summed E-state index contributed by atoms with van der Waals surface area (Å²) in [6.07, 6.45) is 5.64. The van der Waals surface area contributed by atoms with E-state index in [1.165, 1.54) is 25.7 Å². The molecular formula is C10H21N. The molecule has 11 heavy (non-hydrogen) atoms. The van der Waals surface area contributed by atoms with Crippen LogP contribution in [0.15, 0.2) is 0 Å². The van der Waals surface area contributed by atoms with Crippen molar-refractivity contribution in [2.75, 3.05) is 7.05 Å². The molecule has 1 aliphatic rings. The van der Waals surface area contributed by atoms with Crippen LogP contribution < -0.4 is 5.32 Å². The molecule has 0 radical (unpaired) electrons. The molecule has 0 amide bonds. The highest BCUT2D eigenvalue weighted by Crippen LogP contribution is 2.29. The van der Waals surface area contributed by atoms with E-state index in [4.69, 9.17) is 0 Å². The van der Waals surface area contributed by atoms with Crippen molar-refractivity contribution in [1.29, 1.82) is 0 Å². The van der Waals surface area contributed by atoms with Gasteiger partial charge in [-0.15, -0.1) is 0 Å². The average molecular weight is 155 g/mol. The van der Waals surface area contributed by atoms with E-state index in [0.717, 1.165) is 17.9 Å². The molecule has 0 aromatic carbocycles. The van der Waals surface area contributed by atoms with Gasteiger partial charge in [0.2, 0.25) is 0 Å². The lowest BCUT2D eigenvalue weighted by Gasteiger charge is -2.30. The molecule has 1 fully saturated rings. The molecule has 0 unspecified atom stereocenters. The maximum absolute atomic E-state index is 3.36. The molecule has 0 bridgehead atoms. The smallest absolute Gasteiger partial charge is 0.00642 e. The van der Waals surface area contributed by atoms with E-state index in [9.17, 15) is 0 Å². The Morgan fingerprint density at radius 3 is 2.00 bits per heavy atom. The minimum Gasteiger partial charge on any atom is -0.317 e. The molecule has 0 aliphatic heterocycles. The number of rotatable bonds is 2. The van der Waals surface area contributed by atoms with E-state index in [2.05, 4.69) is 26.2 Å². The van der Waals surface area contributed by atoms with Gasteiger partial charge in [0.1, 0.15) is 0 Å². The molecule has 1 saturated carbocycles. The van der Waals surface area contributed by atoms with Crippen LogP contribution in [-0.4, -0.2) is 13.1 Å². The summed E-state index contributed by atoms with van der Waals surface area (Å²) in [4.78, 5) is 0. The molecule has 1 aliphatic carbocycles. The summed E-state index contributed by atoms with van der Waals surface area (Å²) >= 11 is 0. The average Bonchev–Trinajstić information content (AvgIpc) is 2.05. The van der Waals surface area contributed by atoms with E-state index < -0.39 is 0 Å². The highest BCUT2D eigenvalue weighted by molar-refractivity contribution is 4.77. The highest BCUT2D eigenvalue weighted by Gasteiger charge is 2.21. The van der Waals surface area contributed by atoms with Gasteiger partial charge in [0.15, 0.2) is 0 Å². The van der Waals surface area contributed by atoms with Crippen LogP contribution in [0.2, 0.25) is 0 Å². The Kier molecular flexibility index (Phi) is 3.38. The third-order valence-corrected chi connectivity index (χ3v) is 3.12. The van der Waals surface area contributed by atoms with Crippen LogP contribution in [-0.2, 0) is 0 Å². The van der Waals surface area contributed by atoms with Crippen LogP contribution >= 0.6 is 0 Å². The molecule has 1 rings (SSSR count). The van der Waals surface area contributed by atoms with Crippen molar-refractivity contribution in [3.8, 4) is 0 Å². The third-order valence-electron chi connectivity index (χ3n) is 3.12. The minimum absolute atomic E-state index is 0.810. The molecule has 0 aromatic rings. The largest absolute Gasteiger partial charge is 0.317 e. The van der Waals surface area contributed by atoms with Crippen molar-refractivity contribution in [3.63, 3.8) is 0 Å². The highest BCUT2D eigenvalue weighted by atomic mass is 14.9. The zero-order valence-electron chi connectivity index (χ0n) is 8.06. The molecule has 1 heteroatoms. The summed E-state index contributed by atoms with van der Waals surface area (Å²) in [5, 5.41) is 3.36. The van der Waals surface area contributed by atoms with E-state index in [1.54, 1.807) is 0 Å². The van der Waals surface area contributed by atoms with Crippen molar-refractivity contribution in [3.05, 3.63) is 0 Å². The maximum Gasteiger partial charge on any atom is 0.00642 e. The van der Waals surface area contributed by atoms with Gasteiger partial charge >= 0.3 is 0 Å². The fourth-order valence-corrected chi connectivity index (χ4v) is 2.07. The van der Waals surface area contributed by atoms with Gasteiger partial charge in [0.25, 0.3) is 0 Å². The second kappa shape index (κ2) is 4.10. The van der Waals surface area contributed by atoms with E-state index in [0.29, 0.717) is 0 Å². The Morgan fingerprint density at radius 2 is 1.64 bits per heavy atom. The summed E-state index contributed by atoms with van der Waals surface area (Å²) in [6.45, 7) is 4.70. The van der Waals surface area contributed by atoms with E-state index in [-0.39, 0.29) is 0 Å². The quantitative estimate of drug-likeness (QED) is 0.645. The van der Waals surface area contributed by atoms with Crippen LogP contribution in [0.1, 0.15) is 39.5 Å². The molecular weight excluding hydrogens is 134 g/mol. The predicted octanol–water partition coefficient (Wildman–Crippen LogP) is 2.42. The van der Waals surface area contributed by atoms with E-state index in [1.807, 2.05) is 0 Å². The molecule has 0 atom stereocenters. The maximum atomic E-state index is 3.36. The minimum atomic E-state index is 0.810. The van der Waals surface area contributed by atoms with Gasteiger partial charge in [-0.1, -0.05) is 13.8 Å². The zero-order valence-corrected chi connectivity index (χ0v) is 8.06. The second-order valence-corrected chi connectivity index (χ2v) is 4.14. The number of nitrogens with one attached hydrogen (secondary N) is 1. The molecule has 0 heterocycles. The standard InChI is InChI=1S/C10H21N/c1-8(2)9-4-6-10(11-3)7-5-9/h8-11H,4-7H2,1-3H3/t9-,10+. The second-order valence-electron chi connectivity index (χ2n) is 4.14. The van der Waals surface area contributed by atoms with Gasteiger partial charge in [0, 0.05) is 6.04 Å². The van der Waals surface area contributed by atoms with Gasteiger partial charge in [-0.2, -0.15) is 0 Å². The summed E-state index contributed by atoms with van der Waals surface area (Å²) in [5.41, 5.74) is 0. The van der Waals surface area contributed by atoms with Crippen LogP contribution in [0.4, 0.5) is 0 Å². The summed E-state index contributed by atoms with van der Waals surface area (Å²) < 4.78 is 0. The lowest BCUT2D eigenvalue weighted by Crippen LogP contribution is -2.31. The molecule has 1 N–H and O–H groups in total. The van der Waals surface area contributed by atoms with Gasteiger partial charge in [-0.05, 0) is 44.6 Å². The Morgan fingerprint density at radius 1 is 1.09 bits per heavy atom. The SMILES string of the molecule is CN[C@H]1CC[C@@H](C(C)C)CC1. The van der Waals surface area contributed by atoms with Gasteiger partial charge in [0.05, 0.1) is 0 Å². The Labute approximate surface area is 70.6 Å². The third kappa shape index (κ3) is 2.48. The molecule has 66 valence electrons. The number of hydrogen-bond acceptors (Lipinski definition) is 1. The Balaban J connectivity index is 2.24. The van der Waals surface area contributed by atoms with Crippen molar-refractivity contribution in [2.45, 2.75) is 45.6 Å². The first-order valence-corrected chi connectivity index (χ1v) is 4.91. The van der Waals surface area contributed by atoms with Crippen molar-refractivity contribution in [2.24, 2.45) is 11.8 Å². The normalized spacial score (nSPS) is 32.7. The van der Waals surface area contributed by atoms with Gasteiger partial charge < -0.3 is 5.32 Å². The van der Waals surface area contributed by atoms with Gasteiger partial charge in [-0.3, -0.25) is 0 Å². The molecule has 0 saturated heterocycles. The molecule has 0 aromatic heterocycles. The van der Waals surface area contributed by atoms with Crippen LogP contribution in [0.25, 0.3) is 0 Å². The van der Waals surface area contributed by atoms with E-state index >= 15 is 0 Å². The van der Waals surface area contributed by atoms with Crippen molar-refractivity contribution < 1.29 is 0 Å². The summed E-state index contributed by atoms with van der Waals surface area (Å²) in [6, 6.07) is 0.810. The molecule has 0 spiro atoms. The van der Waals surface area contributed by atoms with Crippen molar-refractivity contribution in [1.82, 2.24) is 5.32 Å². The van der Waals surface area contributed by atoms with Gasteiger partial charge in [-0.25, -0.2) is 0 Å². The fourth-order valence-electron chi connectivity index (χ4n) is 2.07. The topological polar surface area (TPSA) is 12.0 Å². The first-order chi connectivity index (χ1) is 5.24. The Bertz CT molecular complexity index is 101. The zero-order chi connectivity index (χ0) is 8.27. The lowest BCUT2D eigenvalue weighted by molar-refractivity contribution is 0.244. The first kappa shape index (κ1) is 9.05. The van der Waals surface area contributed by atoms with Crippen LogP contribution in [0, 0.1) is 11.8 Å². The summed E-state index contributed by atoms with van der Waals surface area (Å²) in [7, 11) is 2.08.